The maximum Gasteiger partial charge on any atom is 0.0636 e. The molecule has 1 aromatic carbocycles. The minimum Gasteiger partial charge on any atom is -0.392 e. The molecule has 1 heteroatoms. The number of unbranched alkanes of at least 4 members (excludes halogenated alkanes) is 2. The van der Waals surface area contributed by atoms with Gasteiger partial charge in [0.25, 0.3) is 0 Å². The van der Waals surface area contributed by atoms with Gasteiger partial charge in [0.05, 0.1) is 6.10 Å². The molecule has 1 aromatic rings. The molecule has 17 heavy (non-hydrogen) atoms. The Labute approximate surface area is 105 Å². The van der Waals surface area contributed by atoms with Gasteiger partial charge in [-0.25, -0.2) is 0 Å². The van der Waals surface area contributed by atoms with Crippen LogP contribution in [0.5, 0.6) is 0 Å². The van der Waals surface area contributed by atoms with Crippen LogP contribution < -0.4 is 0 Å². The maximum absolute atomic E-state index is 10.5. The van der Waals surface area contributed by atoms with Crippen molar-refractivity contribution >= 4 is 0 Å². The fraction of sp³-hybridized carbons (Fsp3) is 0.625. The van der Waals surface area contributed by atoms with Gasteiger partial charge in [-0.05, 0) is 24.8 Å². The first-order valence-corrected chi connectivity index (χ1v) is 7.03. The Morgan fingerprint density at radius 1 is 1.18 bits per heavy atom. The van der Waals surface area contributed by atoms with E-state index in [0.29, 0.717) is 0 Å². The second-order valence-electron chi connectivity index (χ2n) is 5.39. The summed E-state index contributed by atoms with van der Waals surface area (Å²) >= 11 is 0. The average molecular weight is 232 g/mol. The van der Waals surface area contributed by atoms with Gasteiger partial charge < -0.3 is 5.11 Å². The smallest absolute Gasteiger partial charge is 0.0636 e. The monoisotopic (exact) mass is 232 g/mol. The van der Waals surface area contributed by atoms with Crippen LogP contribution in [0.15, 0.2) is 30.3 Å². The number of aliphatic hydroxyl groups is 1. The lowest BCUT2D eigenvalue weighted by atomic mass is 9.60. The summed E-state index contributed by atoms with van der Waals surface area (Å²) in [5, 5.41) is 10.5. The highest BCUT2D eigenvalue weighted by atomic mass is 16.3. The van der Waals surface area contributed by atoms with E-state index in [-0.39, 0.29) is 11.5 Å². The maximum atomic E-state index is 10.5. The predicted molar refractivity (Wildman–Crippen MR) is 72.1 cm³/mol. The molecule has 0 heterocycles. The van der Waals surface area contributed by atoms with Crippen LogP contribution in [0.2, 0.25) is 0 Å². The zero-order valence-corrected chi connectivity index (χ0v) is 10.9. The highest BCUT2D eigenvalue weighted by Gasteiger charge is 2.44. The summed E-state index contributed by atoms with van der Waals surface area (Å²) in [6.07, 6.45) is 8.02. The Morgan fingerprint density at radius 3 is 2.41 bits per heavy atom. The molecule has 1 aliphatic rings. The van der Waals surface area contributed by atoms with Gasteiger partial charge in [-0.1, -0.05) is 62.9 Å². The van der Waals surface area contributed by atoms with Gasteiger partial charge in [0.15, 0.2) is 0 Å². The van der Waals surface area contributed by atoms with Gasteiger partial charge in [-0.15, -0.1) is 0 Å². The third-order valence-corrected chi connectivity index (χ3v) is 4.31. The van der Waals surface area contributed by atoms with Gasteiger partial charge in [0, 0.05) is 5.41 Å². The van der Waals surface area contributed by atoms with E-state index in [1.165, 1.54) is 24.8 Å². The summed E-state index contributed by atoms with van der Waals surface area (Å²) in [5.74, 6) is 0. The summed E-state index contributed by atoms with van der Waals surface area (Å²) in [4.78, 5) is 0. The quantitative estimate of drug-likeness (QED) is 0.734. The lowest BCUT2D eigenvalue weighted by Gasteiger charge is -2.46. The van der Waals surface area contributed by atoms with Crippen LogP contribution in [0.1, 0.15) is 57.4 Å². The lowest BCUT2D eigenvalue weighted by Crippen LogP contribution is -2.45. The molecule has 1 N–H and O–H groups in total. The number of benzene rings is 1. The zero-order valence-electron chi connectivity index (χ0n) is 10.9. The van der Waals surface area contributed by atoms with Gasteiger partial charge in [-0.3, -0.25) is 0 Å². The van der Waals surface area contributed by atoms with Gasteiger partial charge >= 0.3 is 0 Å². The molecule has 0 aromatic heterocycles. The van der Waals surface area contributed by atoms with Crippen molar-refractivity contribution in [1.82, 2.24) is 0 Å². The molecular weight excluding hydrogens is 208 g/mol. The fourth-order valence-corrected chi connectivity index (χ4v) is 3.01. The molecule has 94 valence electrons. The first-order chi connectivity index (χ1) is 8.29. The van der Waals surface area contributed by atoms with Crippen molar-refractivity contribution in [3.05, 3.63) is 35.9 Å². The van der Waals surface area contributed by atoms with Crippen LogP contribution in [0.4, 0.5) is 0 Å². The summed E-state index contributed by atoms with van der Waals surface area (Å²) in [7, 11) is 0. The molecule has 1 atom stereocenters. The van der Waals surface area contributed by atoms with Crippen LogP contribution in [0.3, 0.4) is 0 Å². The Kier molecular flexibility index (Phi) is 4.22. The number of hydrogen-bond donors (Lipinski definition) is 1. The first kappa shape index (κ1) is 12.6. The molecule has 0 amide bonds. The Balaban J connectivity index is 2.04. The van der Waals surface area contributed by atoms with Crippen LogP contribution in [0, 0.1) is 0 Å². The van der Waals surface area contributed by atoms with E-state index in [2.05, 4.69) is 37.3 Å². The zero-order chi connectivity index (χ0) is 12.1. The lowest BCUT2D eigenvalue weighted by molar-refractivity contribution is 0.0205. The van der Waals surface area contributed by atoms with Crippen molar-refractivity contribution in [2.24, 2.45) is 0 Å². The summed E-state index contributed by atoms with van der Waals surface area (Å²) in [5.41, 5.74) is 1.42. The highest BCUT2D eigenvalue weighted by molar-refractivity contribution is 5.29. The van der Waals surface area contributed by atoms with E-state index >= 15 is 0 Å². The molecule has 0 aliphatic heterocycles. The molecule has 1 saturated carbocycles. The normalized spacial score (nSPS) is 19.6. The standard InChI is InChI=1S/C16H24O/c1-2-3-5-11-15(17)16(12-8-13-16)14-9-6-4-7-10-14/h4,6-7,9-10,15,17H,2-3,5,8,11-13H2,1H3. The minimum absolute atomic E-state index is 0.0784. The van der Waals surface area contributed by atoms with Crippen molar-refractivity contribution in [1.29, 1.82) is 0 Å². The van der Waals surface area contributed by atoms with Gasteiger partial charge in [-0.2, -0.15) is 0 Å². The second kappa shape index (κ2) is 5.68. The summed E-state index contributed by atoms with van der Waals surface area (Å²) < 4.78 is 0. The van der Waals surface area contributed by atoms with E-state index in [0.717, 1.165) is 25.7 Å². The van der Waals surface area contributed by atoms with E-state index in [4.69, 9.17) is 0 Å². The highest BCUT2D eigenvalue weighted by Crippen LogP contribution is 2.47. The third-order valence-electron chi connectivity index (χ3n) is 4.31. The van der Waals surface area contributed by atoms with E-state index in [9.17, 15) is 5.11 Å². The van der Waals surface area contributed by atoms with E-state index < -0.39 is 0 Å². The summed E-state index contributed by atoms with van der Waals surface area (Å²) in [6, 6.07) is 10.6. The molecule has 0 spiro atoms. The molecule has 0 radical (unpaired) electrons. The van der Waals surface area contributed by atoms with Gasteiger partial charge in [0.2, 0.25) is 0 Å². The fourth-order valence-electron chi connectivity index (χ4n) is 3.01. The van der Waals surface area contributed by atoms with E-state index in [1.807, 2.05) is 0 Å². The molecule has 1 aliphatic carbocycles. The molecule has 0 saturated heterocycles. The molecule has 2 rings (SSSR count). The van der Waals surface area contributed by atoms with Crippen molar-refractivity contribution in [2.75, 3.05) is 0 Å². The van der Waals surface area contributed by atoms with Crippen LogP contribution in [-0.4, -0.2) is 11.2 Å². The van der Waals surface area contributed by atoms with Crippen LogP contribution in [0.25, 0.3) is 0 Å². The molecule has 1 nitrogen and oxygen atoms in total. The van der Waals surface area contributed by atoms with E-state index in [1.54, 1.807) is 0 Å². The number of rotatable bonds is 6. The second-order valence-corrected chi connectivity index (χ2v) is 5.39. The number of hydrogen-bond acceptors (Lipinski definition) is 1. The SMILES string of the molecule is CCCCCC(O)C1(c2ccccc2)CCC1. The Hall–Kier alpha value is -0.820. The van der Waals surface area contributed by atoms with Crippen molar-refractivity contribution in [2.45, 2.75) is 63.4 Å². The molecule has 1 fully saturated rings. The van der Waals surface area contributed by atoms with Gasteiger partial charge in [0.1, 0.15) is 0 Å². The first-order valence-electron chi connectivity index (χ1n) is 7.03. The molecule has 0 bridgehead atoms. The number of aliphatic hydroxyl groups excluding tert-OH is 1. The topological polar surface area (TPSA) is 20.2 Å². The average Bonchev–Trinajstić information content (AvgIpc) is 2.29. The third kappa shape index (κ3) is 2.55. The Morgan fingerprint density at radius 2 is 1.88 bits per heavy atom. The van der Waals surface area contributed by atoms with Crippen LogP contribution in [-0.2, 0) is 5.41 Å². The Bertz CT molecular complexity index is 327. The minimum atomic E-state index is -0.148. The van der Waals surface area contributed by atoms with Crippen molar-refractivity contribution in [3.8, 4) is 0 Å². The molecular formula is C16H24O. The largest absolute Gasteiger partial charge is 0.392 e. The summed E-state index contributed by atoms with van der Waals surface area (Å²) in [6.45, 7) is 2.21. The van der Waals surface area contributed by atoms with Crippen molar-refractivity contribution in [3.63, 3.8) is 0 Å². The van der Waals surface area contributed by atoms with Crippen LogP contribution >= 0.6 is 0 Å². The van der Waals surface area contributed by atoms with Crippen molar-refractivity contribution < 1.29 is 5.11 Å². The predicted octanol–water partition coefficient (Wildman–Crippen LogP) is 4.05. The molecule has 1 unspecified atom stereocenters.